The minimum atomic E-state index is 0.0940. The van der Waals surface area contributed by atoms with E-state index >= 15 is 0 Å². The second kappa shape index (κ2) is 7.31. The summed E-state index contributed by atoms with van der Waals surface area (Å²) in [5.74, 6) is 1.71. The molecule has 1 fully saturated rings. The van der Waals surface area contributed by atoms with Gasteiger partial charge in [0, 0.05) is 25.0 Å². The number of nitrogens with zero attached hydrogens (tertiary/aromatic N) is 2. The summed E-state index contributed by atoms with van der Waals surface area (Å²) < 4.78 is 17.1. The molecule has 7 heteroatoms. The van der Waals surface area contributed by atoms with Crippen molar-refractivity contribution < 1.29 is 14.2 Å². The first-order valence-corrected chi connectivity index (χ1v) is 8.06. The van der Waals surface area contributed by atoms with Gasteiger partial charge in [-0.1, -0.05) is 11.6 Å². The normalized spacial score (nSPS) is 15.9. The van der Waals surface area contributed by atoms with E-state index in [0.717, 1.165) is 12.8 Å². The second-order valence-corrected chi connectivity index (χ2v) is 5.68. The fraction of sp³-hybridized carbons (Fsp3) is 0.467. The number of fused-ring (bicyclic) bond motifs is 1. The molecule has 1 aliphatic heterocycles. The molecule has 22 heavy (non-hydrogen) atoms. The summed E-state index contributed by atoms with van der Waals surface area (Å²) in [6.45, 7) is 1.83. The number of hydrogen-bond donors (Lipinski definition) is 0. The number of hydrogen-bond acceptors (Lipinski definition) is 5. The molecular formula is C15H16Cl2N2O3. The molecule has 5 nitrogen and oxygen atoms in total. The van der Waals surface area contributed by atoms with Gasteiger partial charge in [0.05, 0.1) is 30.0 Å². The fourth-order valence-corrected chi connectivity index (χ4v) is 2.71. The van der Waals surface area contributed by atoms with Gasteiger partial charge in [-0.15, -0.1) is 11.6 Å². The summed E-state index contributed by atoms with van der Waals surface area (Å²) in [6, 6.07) is 3.63. The molecule has 1 saturated heterocycles. The molecule has 0 radical (unpaired) electrons. The van der Waals surface area contributed by atoms with Crippen LogP contribution >= 0.6 is 23.2 Å². The predicted octanol–water partition coefficient (Wildman–Crippen LogP) is 3.46. The monoisotopic (exact) mass is 342 g/mol. The van der Waals surface area contributed by atoms with Crippen LogP contribution in [0.3, 0.4) is 0 Å². The van der Waals surface area contributed by atoms with Crippen LogP contribution in [0.2, 0.25) is 5.15 Å². The van der Waals surface area contributed by atoms with Gasteiger partial charge < -0.3 is 14.2 Å². The smallest absolute Gasteiger partial charge is 0.144 e. The number of halogens is 2. The van der Waals surface area contributed by atoms with Gasteiger partial charge in [-0.25, -0.2) is 9.97 Å². The molecule has 0 aliphatic carbocycles. The maximum Gasteiger partial charge on any atom is 0.144 e. The van der Waals surface area contributed by atoms with E-state index in [1.807, 2.05) is 12.1 Å². The molecule has 2 heterocycles. The van der Waals surface area contributed by atoms with Crippen LogP contribution in [0.15, 0.2) is 18.5 Å². The average Bonchev–Trinajstić information content (AvgIpc) is 2.54. The van der Waals surface area contributed by atoms with Crippen LogP contribution in [0.1, 0.15) is 12.8 Å². The Labute approximate surface area is 138 Å². The van der Waals surface area contributed by atoms with E-state index < -0.39 is 0 Å². The van der Waals surface area contributed by atoms with Crippen LogP contribution in [0.4, 0.5) is 0 Å². The summed E-state index contributed by atoms with van der Waals surface area (Å²) in [5.41, 5.74) is 0.689. The molecule has 0 atom stereocenters. The van der Waals surface area contributed by atoms with Crippen LogP contribution in [-0.4, -0.2) is 41.8 Å². The van der Waals surface area contributed by atoms with Crippen LogP contribution in [0.25, 0.3) is 10.9 Å². The third kappa shape index (κ3) is 3.54. The van der Waals surface area contributed by atoms with Crippen LogP contribution < -0.4 is 9.47 Å². The first-order chi connectivity index (χ1) is 10.8. The highest BCUT2D eigenvalue weighted by Gasteiger charge is 2.19. The van der Waals surface area contributed by atoms with Gasteiger partial charge >= 0.3 is 0 Å². The van der Waals surface area contributed by atoms with Crippen molar-refractivity contribution in [2.24, 2.45) is 0 Å². The number of rotatable bonds is 5. The molecule has 0 saturated carbocycles. The van der Waals surface area contributed by atoms with E-state index in [1.165, 1.54) is 6.33 Å². The van der Waals surface area contributed by atoms with E-state index in [9.17, 15) is 0 Å². The highest BCUT2D eigenvalue weighted by molar-refractivity contribution is 6.34. The molecule has 1 aromatic heterocycles. The number of aromatic nitrogens is 2. The van der Waals surface area contributed by atoms with Crippen molar-refractivity contribution in [2.75, 3.05) is 25.7 Å². The first-order valence-electron chi connectivity index (χ1n) is 7.15. The van der Waals surface area contributed by atoms with Crippen molar-refractivity contribution in [1.29, 1.82) is 0 Å². The molecule has 1 aliphatic rings. The highest BCUT2D eigenvalue weighted by atomic mass is 35.5. The maximum atomic E-state index is 6.22. The number of ether oxygens (including phenoxy) is 3. The molecule has 0 bridgehead atoms. The van der Waals surface area contributed by atoms with Crippen LogP contribution in [0, 0.1) is 0 Å². The number of benzene rings is 1. The summed E-state index contributed by atoms with van der Waals surface area (Å²) in [7, 11) is 0. The van der Waals surface area contributed by atoms with Gasteiger partial charge in [0.1, 0.15) is 35.7 Å². The van der Waals surface area contributed by atoms with Crippen LogP contribution in [0.5, 0.6) is 11.5 Å². The Balaban J connectivity index is 1.96. The molecule has 0 amide bonds. The Hall–Kier alpha value is -1.30. The lowest BCUT2D eigenvalue weighted by Crippen LogP contribution is -2.26. The van der Waals surface area contributed by atoms with E-state index in [0.29, 0.717) is 53.3 Å². The van der Waals surface area contributed by atoms with Gasteiger partial charge in [0.2, 0.25) is 0 Å². The van der Waals surface area contributed by atoms with Crippen molar-refractivity contribution in [2.45, 2.75) is 18.9 Å². The quantitative estimate of drug-likeness (QED) is 0.615. The average molecular weight is 343 g/mol. The Morgan fingerprint density at radius 3 is 2.82 bits per heavy atom. The van der Waals surface area contributed by atoms with Crippen LogP contribution in [-0.2, 0) is 4.74 Å². The zero-order chi connectivity index (χ0) is 15.4. The predicted molar refractivity (Wildman–Crippen MR) is 85.2 cm³/mol. The molecule has 3 rings (SSSR count). The Bertz CT molecular complexity index is 648. The van der Waals surface area contributed by atoms with E-state index in [-0.39, 0.29) is 6.10 Å². The van der Waals surface area contributed by atoms with E-state index in [2.05, 4.69) is 9.97 Å². The molecular weight excluding hydrogens is 327 g/mol. The first kappa shape index (κ1) is 15.6. The second-order valence-electron chi connectivity index (χ2n) is 4.95. The summed E-state index contributed by atoms with van der Waals surface area (Å²) in [5, 5.41) is 1.07. The van der Waals surface area contributed by atoms with Gasteiger partial charge in [-0.05, 0) is 0 Å². The topological polar surface area (TPSA) is 53.5 Å². The third-order valence-electron chi connectivity index (χ3n) is 3.44. The Morgan fingerprint density at radius 1 is 1.23 bits per heavy atom. The summed E-state index contributed by atoms with van der Waals surface area (Å²) >= 11 is 11.9. The van der Waals surface area contributed by atoms with Crippen molar-refractivity contribution in [3.8, 4) is 11.5 Å². The van der Waals surface area contributed by atoms with Gasteiger partial charge in [-0.2, -0.15) is 0 Å². The highest BCUT2D eigenvalue weighted by Crippen LogP contribution is 2.35. The lowest BCUT2D eigenvalue weighted by molar-refractivity contribution is 0.0261. The van der Waals surface area contributed by atoms with E-state index in [1.54, 1.807) is 0 Å². The Morgan fingerprint density at radius 2 is 2.05 bits per heavy atom. The molecule has 2 aromatic rings. The molecule has 0 unspecified atom stereocenters. The largest absolute Gasteiger partial charge is 0.492 e. The lowest BCUT2D eigenvalue weighted by Gasteiger charge is -2.24. The van der Waals surface area contributed by atoms with Crippen molar-refractivity contribution in [3.63, 3.8) is 0 Å². The van der Waals surface area contributed by atoms with Crippen molar-refractivity contribution >= 4 is 34.1 Å². The van der Waals surface area contributed by atoms with Gasteiger partial charge in [0.15, 0.2) is 0 Å². The van der Waals surface area contributed by atoms with Crippen molar-refractivity contribution in [3.05, 3.63) is 23.6 Å². The summed E-state index contributed by atoms with van der Waals surface area (Å²) in [4.78, 5) is 8.29. The molecule has 0 N–H and O–H groups in total. The van der Waals surface area contributed by atoms with Gasteiger partial charge in [0.25, 0.3) is 0 Å². The fourth-order valence-electron chi connectivity index (χ4n) is 2.40. The zero-order valence-electron chi connectivity index (χ0n) is 11.9. The molecule has 0 spiro atoms. The lowest BCUT2D eigenvalue weighted by atomic mass is 10.1. The SMILES string of the molecule is ClCCOc1cc(OC2CCOCC2)c2c(Cl)ncnc2c1. The zero-order valence-corrected chi connectivity index (χ0v) is 13.4. The molecule has 1 aromatic carbocycles. The van der Waals surface area contributed by atoms with E-state index in [4.69, 9.17) is 37.4 Å². The maximum absolute atomic E-state index is 6.22. The van der Waals surface area contributed by atoms with Gasteiger partial charge in [-0.3, -0.25) is 0 Å². The molecule has 118 valence electrons. The summed E-state index contributed by atoms with van der Waals surface area (Å²) in [6.07, 6.45) is 3.21. The third-order valence-corrected chi connectivity index (χ3v) is 3.88. The standard InChI is InChI=1S/C15H16Cl2N2O3/c16-3-6-21-11-7-12-14(15(17)19-9-18-12)13(8-11)22-10-1-4-20-5-2-10/h7-10H,1-6H2. The minimum absolute atomic E-state index is 0.0940. The Kier molecular flexibility index (Phi) is 5.18. The minimum Gasteiger partial charge on any atom is -0.492 e. The van der Waals surface area contributed by atoms with Crippen molar-refractivity contribution in [1.82, 2.24) is 9.97 Å². The number of alkyl halides is 1.